The van der Waals surface area contributed by atoms with E-state index >= 15 is 0 Å². The molecule has 220 valence electrons. The Balaban J connectivity index is 1.49. The van der Waals surface area contributed by atoms with Crippen LogP contribution in [-0.4, -0.2) is 17.7 Å². The third kappa shape index (κ3) is 7.27. The Morgan fingerprint density at radius 3 is 2.16 bits per heavy atom. The first-order valence-corrected chi connectivity index (χ1v) is 15.8. The second kappa shape index (κ2) is 14.2. The number of benzene rings is 4. The molecule has 0 radical (unpaired) electrons. The summed E-state index contributed by atoms with van der Waals surface area (Å²) in [5.74, 6) is 0.749. The van der Waals surface area contributed by atoms with Crippen LogP contribution < -0.4 is 14.4 Å². The zero-order chi connectivity index (χ0) is 30.3. The first-order chi connectivity index (χ1) is 20.9. The highest BCUT2D eigenvalue weighted by molar-refractivity contribution is 8.19. The van der Waals surface area contributed by atoms with E-state index in [0.717, 1.165) is 29.8 Å². The maximum absolute atomic E-state index is 13.9. The van der Waals surface area contributed by atoms with Crippen LogP contribution in [0.5, 0.6) is 11.5 Å². The van der Waals surface area contributed by atoms with E-state index in [1.165, 1.54) is 22.9 Å². The molecular weight excluding hydrogens is 599 g/mol. The van der Waals surface area contributed by atoms with Gasteiger partial charge in [0.25, 0.3) is 5.91 Å². The van der Waals surface area contributed by atoms with Crippen molar-refractivity contribution in [2.24, 2.45) is 4.99 Å². The van der Waals surface area contributed by atoms with Crippen molar-refractivity contribution in [1.82, 2.24) is 0 Å². The van der Waals surface area contributed by atoms with E-state index in [0.29, 0.717) is 43.8 Å². The van der Waals surface area contributed by atoms with Crippen molar-refractivity contribution >= 4 is 63.5 Å². The van der Waals surface area contributed by atoms with Gasteiger partial charge >= 0.3 is 0 Å². The van der Waals surface area contributed by atoms with Gasteiger partial charge in [0, 0.05) is 10.6 Å². The van der Waals surface area contributed by atoms with Crippen LogP contribution in [0, 0.1) is 0 Å². The quantitative estimate of drug-likeness (QED) is 0.164. The third-order valence-corrected chi connectivity index (χ3v) is 8.56. The summed E-state index contributed by atoms with van der Waals surface area (Å²) in [7, 11) is 0. The zero-order valence-electron chi connectivity index (χ0n) is 24.3. The molecule has 5 nitrogen and oxygen atoms in total. The number of rotatable bonds is 10. The van der Waals surface area contributed by atoms with Crippen LogP contribution in [0.1, 0.15) is 43.0 Å². The lowest BCUT2D eigenvalue weighted by atomic mass is 10.1. The number of nitrogens with zero attached hydrogens (tertiary/aromatic N) is 2. The normalized spacial score (nSPS) is 15.0. The van der Waals surface area contributed by atoms with Crippen LogP contribution in [0.4, 0.5) is 11.4 Å². The summed E-state index contributed by atoms with van der Waals surface area (Å²) < 4.78 is 12.0. The average Bonchev–Trinajstić information content (AvgIpc) is 3.31. The summed E-state index contributed by atoms with van der Waals surface area (Å²) in [6.45, 7) is 6.77. The number of hydrogen-bond acceptors (Lipinski definition) is 5. The van der Waals surface area contributed by atoms with Crippen molar-refractivity contribution in [3.8, 4) is 11.5 Å². The van der Waals surface area contributed by atoms with E-state index in [1.807, 2.05) is 79.7 Å². The van der Waals surface area contributed by atoms with E-state index < -0.39 is 0 Å². The molecule has 1 aliphatic heterocycles. The number of halogens is 2. The molecule has 1 fully saturated rings. The topological polar surface area (TPSA) is 51.1 Å². The number of carbonyl (C=O) groups is 1. The van der Waals surface area contributed by atoms with Gasteiger partial charge in [-0.05, 0) is 96.8 Å². The molecule has 4 aromatic rings. The summed E-state index contributed by atoms with van der Waals surface area (Å²) >= 11 is 14.4. The number of amides is 1. The Labute approximate surface area is 267 Å². The molecule has 1 amide bonds. The maximum atomic E-state index is 13.9. The van der Waals surface area contributed by atoms with Gasteiger partial charge in [0.1, 0.15) is 6.61 Å². The lowest BCUT2D eigenvalue weighted by Crippen LogP contribution is -2.28. The highest BCUT2D eigenvalue weighted by atomic mass is 35.5. The van der Waals surface area contributed by atoms with E-state index in [-0.39, 0.29) is 12.5 Å². The predicted molar refractivity (Wildman–Crippen MR) is 180 cm³/mol. The number of carbonyl (C=O) groups excluding carboxylic acids is 1. The summed E-state index contributed by atoms with van der Waals surface area (Å²) in [6, 6.07) is 27.2. The molecule has 5 rings (SSSR count). The molecule has 0 bridgehead atoms. The SMILES string of the molecule is CCOc1cc(/C=C2\SC(=Nc3ccc(CC)cc3)N(c3ccc(CC)cc3)C2=O)cc(Cl)c1OCc1ccccc1Cl. The van der Waals surface area contributed by atoms with Gasteiger partial charge in [-0.25, -0.2) is 4.99 Å². The number of aryl methyl sites for hydroxylation is 2. The molecule has 0 aromatic heterocycles. The summed E-state index contributed by atoms with van der Waals surface area (Å²) in [6.07, 6.45) is 3.68. The molecule has 0 saturated carbocycles. The maximum Gasteiger partial charge on any atom is 0.271 e. The zero-order valence-corrected chi connectivity index (χ0v) is 26.6. The molecule has 0 spiro atoms. The second-order valence-electron chi connectivity index (χ2n) is 9.83. The fourth-order valence-electron chi connectivity index (χ4n) is 4.56. The van der Waals surface area contributed by atoms with Crippen LogP contribution in [0.2, 0.25) is 10.0 Å². The van der Waals surface area contributed by atoms with Gasteiger partial charge < -0.3 is 9.47 Å². The Bertz CT molecular complexity index is 1670. The molecule has 1 heterocycles. The minimum Gasteiger partial charge on any atom is -0.490 e. The van der Waals surface area contributed by atoms with Crippen LogP contribution in [-0.2, 0) is 24.2 Å². The Kier molecular flexibility index (Phi) is 10.1. The third-order valence-electron chi connectivity index (χ3n) is 6.94. The van der Waals surface area contributed by atoms with E-state index in [2.05, 4.69) is 26.0 Å². The Hall–Kier alpha value is -3.71. The summed E-state index contributed by atoms with van der Waals surface area (Å²) in [4.78, 5) is 20.9. The van der Waals surface area contributed by atoms with Crippen LogP contribution in [0.25, 0.3) is 6.08 Å². The Morgan fingerprint density at radius 2 is 1.51 bits per heavy atom. The molecule has 8 heteroatoms. The number of hydrogen-bond donors (Lipinski definition) is 0. The van der Waals surface area contributed by atoms with E-state index in [9.17, 15) is 4.79 Å². The summed E-state index contributed by atoms with van der Waals surface area (Å²) in [5.41, 5.74) is 5.52. The standard InChI is InChI=1S/C35H32Cl2N2O3S/c1-4-23-11-15-27(16-12-23)38-35-39(28-17-13-24(5-2)14-18-28)34(40)32(43-35)21-25-19-30(37)33(31(20-25)41-6-3)42-22-26-9-7-8-10-29(26)36/h7-21H,4-6,22H2,1-3H3/b32-21-,38-35?. The minimum absolute atomic E-state index is 0.161. The molecule has 0 N–H and O–H groups in total. The predicted octanol–water partition coefficient (Wildman–Crippen LogP) is 9.90. The molecule has 43 heavy (non-hydrogen) atoms. The fraction of sp³-hybridized carbons (Fsp3) is 0.200. The largest absolute Gasteiger partial charge is 0.490 e. The first-order valence-electron chi connectivity index (χ1n) is 14.2. The average molecular weight is 632 g/mol. The monoisotopic (exact) mass is 630 g/mol. The van der Waals surface area contributed by atoms with Gasteiger partial charge in [-0.1, -0.05) is 79.5 Å². The molecule has 0 atom stereocenters. The lowest BCUT2D eigenvalue weighted by molar-refractivity contribution is -0.113. The van der Waals surface area contributed by atoms with E-state index in [4.69, 9.17) is 37.7 Å². The van der Waals surface area contributed by atoms with Crippen molar-refractivity contribution in [3.05, 3.63) is 122 Å². The van der Waals surface area contributed by atoms with E-state index in [1.54, 1.807) is 11.0 Å². The van der Waals surface area contributed by atoms with Gasteiger partial charge in [-0.2, -0.15) is 0 Å². The number of thioether (sulfide) groups is 1. The van der Waals surface area contributed by atoms with Gasteiger partial charge in [0.05, 0.1) is 27.9 Å². The first kappa shape index (κ1) is 30.7. The molecule has 1 saturated heterocycles. The Morgan fingerprint density at radius 1 is 0.837 bits per heavy atom. The van der Waals surface area contributed by atoms with Crippen LogP contribution >= 0.6 is 35.0 Å². The lowest BCUT2D eigenvalue weighted by Gasteiger charge is -2.16. The van der Waals surface area contributed by atoms with Crippen LogP contribution in [0.15, 0.2) is 94.8 Å². The highest BCUT2D eigenvalue weighted by Gasteiger charge is 2.35. The molecule has 4 aromatic carbocycles. The second-order valence-corrected chi connectivity index (χ2v) is 11.7. The van der Waals surface area contributed by atoms with Gasteiger partial charge in [-0.3, -0.25) is 9.69 Å². The van der Waals surface area contributed by atoms with Gasteiger partial charge in [0.2, 0.25) is 0 Å². The smallest absolute Gasteiger partial charge is 0.271 e. The van der Waals surface area contributed by atoms with Crippen molar-refractivity contribution < 1.29 is 14.3 Å². The molecule has 1 aliphatic rings. The number of anilines is 1. The van der Waals surface area contributed by atoms with Gasteiger partial charge in [0.15, 0.2) is 16.7 Å². The molecular formula is C35H32Cl2N2O3S. The molecule has 0 aliphatic carbocycles. The fourth-order valence-corrected chi connectivity index (χ4v) is 6.03. The van der Waals surface area contributed by atoms with Crippen molar-refractivity contribution in [3.63, 3.8) is 0 Å². The van der Waals surface area contributed by atoms with Crippen molar-refractivity contribution in [2.45, 2.75) is 40.2 Å². The van der Waals surface area contributed by atoms with Crippen molar-refractivity contribution in [1.29, 1.82) is 0 Å². The van der Waals surface area contributed by atoms with Crippen LogP contribution in [0.3, 0.4) is 0 Å². The minimum atomic E-state index is -0.161. The summed E-state index contributed by atoms with van der Waals surface area (Å²) in [5, 5.41) is 1.57. The highest BCUT2D eigenvalue weighted by Crippen LogP contribution is 2.41. The number of amidine groups is 1. The van der Waals surface area contributed by atoms with Gasteiger partial charge in [-0.15, -0.1) is 0 Å². The number of aliphatic imine (C=N–C) groups is 1. The number of ether oxygens (including phenoxy) is 2. The molecule has 0 unspecified atom stereocenters. The van der Waals surface area contributed by atoms with Crippen molar-refractivity contribution in [2.75, 3.05) is 11.5 Å².